The number of nitrogens with zero attached hydrogens (tertiary/aromatic N) is 4. The van der Waals surface area contributed by atoms with E-state index in [-0.39, 0.29) is 10.8 Å². The standard InChI is InChI=1S/C114H74N4OS/c1-113(2)93-41-21-38-81(107(93)109-79-30-10-8-24-67(79)54-60-95(109)113)71-50-46-69(47-51-71)77-56-58-87(85-34-14-12-32-83(77)85)97-65-99(89-40-23-45-104-106(89)91-37-17-19-44-103(91)120-104)117-112(116-97)75-29-20-28-74(62-75)76-63-92(105-90-36-16-18-43-101(90)119-102(105)64-76)100-66-98(115-111(118-100)73-26-6-5-7-27-73)88-59-57-78(84-33-13-15-35-86(84)88)70-48-52-72(53-49-70)82-39-22-42-94-108(82)110-80-31-11-9-25-68(80)55-61-96(110)114(94,3)4/h5-66H,1-4H3. The Labute approximate surface area is 698 Å². The van der Waals surface area contributed by atoms with E-state index in [1.807, 2.05) is 23.5 Å². The summed E-state index contributed by atoms with van der Waals surface area (Å²) in [5.74, 6) is 1.24. The summed E-state index contributed by atoms with van der Waals surface area (Å²) in [6.45, 7) is 9.48. The van der Waals surface area contributed by atoms with Gasteiger partial charge in [0.25, 0.3) is 0 Å². The van der Waals surface area contributed by atoms with Gasteiger partial charge in [-0.1, -0.05) is 355 Å². The molecule has 0 saturated heterocycles. The molecule has 4 aromatic heterocycles. The molecule has 0 unspecified atom stereocenters. The summed E-state index contributed by atoms with van der Waals surface area (Å²) in [5, 5.41) is 14.0. The van der Waals surface area contributed by atoms with Crippen molar-refractivity contribution < 1.29 is 4.42 Å². The van der Waals surface area contributed by atoms with Gasteiger partial charge >= 0.3 is 0 Å². The maximum Gasteiger partial charge on any atom is 0.160 e. The predicted molar refractivity (Wildman–Crippen MR) is 503 cm³/mol. The van der Waals surface area contributed by atoms with Crippen molar-refractivity contribution in [1.82, 2.24) is 19.9 Å². The van der Waals surface area contributed by atoms with Gasteiger partial charge in [-0.05, 0) is 192 Å². The summed E-state index contributed by atoms with van der Waals surface area (Å²) in [7, 11) is 0. The largest absolute Gasteiger partial charge is 0.456 e. The van der Waals surface area contributed by atoms with Gasteiger partial charge in [0.2, 0.25) is 0 Å². The molecule has 22 aromatic rings. The van der Waals surface area contributed by atoms with Gasteiger partial charge in [-0.25, -0.2) is 19.9 Å². The van der Waals surface area contributed by atoms with E-state index in [0.717, 1.165) is 133 Å². The maximum atomic E-state index is 6.98. The Morgan fingerprint density at radius 1 is 0.217 bits per heavy atom. The van der Waals surface area contributed by atoms with Crippen LogP contribution in [0.3, 0.4) is 0 Å². The molecule has 24 rings (SSSR count). The number of thiophene rings is 1. The molecule has 0 saturated carbocycles. The molecule has 6 heteroatoms. The minimum Gasteiger partial charge on any atom is -0.456 e. The highest BCUT2D eigenvalue weighted by atomic mass is 32.1. The van der Waals surface area contributed by atoms with Gasteiger partial charge < -0.3 is 4.42 Å². The van der Waals surface area contributed by atoms with E-state index < -0.39 is 0 Å². The lowest BCUT2D eigenvalue weighted by molar-refractivity contribution is 0.661. The molecule has 4 heterocycles. The van der Waals surface area contributed by atoms with Crippen LogP contribution in [0, 0.1) is 0 Å². The molecule has 0 radical (unpaired) electrons. The first-order valence-corrected chi connectivity index (χ1v) is 42.2. The van der Waals surface area contributed by atoms with Gasteiger partial charge in [-0.3, -0.25) is 0 Å². The second kappa shape index (κ2) is 26.9. The molecule has 2 aliphatic carbocycles. The number of furan rings is 1. The third-order valence-corrected chi connectivity index (χ3v) is 27.1. The molecule has 0 fully saturated rings. The van der Waals surface area contributed by atoms with Crippen LogP contribution in [0.15, 0.2) is 381 Å². The molecular formula is C114H74N4OS. The van der Waals surface area contributed by atoms with Crippen LogP contribution in [0.25, 0.3) is 231 Å². The Balaban J connectivity index is 0.623. The van der Waals surface area contributed by atoms with E-state index in [9.17, 15) is 0 Å². The summed E-state index contributed by atoms with van der Waals surface area (Å²) in [4.78, 5) is 22.5. The molecule has 0 N–H and O–H groups in total. The zero-order valence-electron chi connectivity index (χ0n) is 66.4. The SMILES string of the molecule is CC1(C)c2cccc(-c3ccc(-c4ccc(-c5cc(-c6cc(-c7cccc(-c8nc(-c9ccc(-c%10ccc(-c%11cccc%12c%11-c%11c(ccc%13ccccc%11%13)C%12(C)C)cc%10)c%10ccccc9%10)cc(-c9cccc%10sc%11ccccc%11c9%10)n8)c7)cc7oc8ccccc8c67)nc(-c6ccccc6)n5)c5ccccc45)cc3)c2-c2c1ccc1ccccc21. The molecule has 0 atom stereocenters. The lowest BCUT2D eigenvalue weighted by Crippen LogP contribution is -2.14. The van der Waals surface area contributed by atoms with Crippen LogP contribution in [0.5, 0.6) is 0 Å². The summed E-state index contributed by atoms with van der Waals surface area (Å²) < 4.78 is 9.43. The average molecular weight is 1550 g/mol. The summed E-state index contributed by atoms with van der Waals surface area (Å²) >= 11 is 1.82. The highest BCUT2D eigenvalue weighted by molar-refractivity contribution is 7.26. The number of fused-ring (bicyclic) bond motifs is 18. The van der Waals surface area contributed by atoms with Crippen molar-refractivity contribution in [2.75, 3.05) is 0 Å². The van der Waals surface area contributed by atoms with Crippen molar-refractivity contribution in [3.8, 4) is 146 Å². The molecule has 562 valence electrons. The number of hydrogen-bond acceptors (Lipinski definition) is 6. The Hall–Kier alpha value is -14.8. The van der Waals surface area contributed by atoms with Gasteiger partial charge in [0.1, 0.15) is 11.2 Å². The van der Waals surface area contributed by atoms with Crippen molar-refractivity contribution in [1.29, 1.82) is 0 Å². The Morgan fingerprint density at radius 3 is 1.18 bits per heavy atom. The van der Waals surface area contributed by atoms with Crippen molar-refractivity contribution in [2.24, 2.45) is 0 Å². The monoisotopic (exact) mass is 1550 g/mol. The minimum atomic E-state index is -0.135. The lowest BCUT2D eigenvalue weighted by Gasteiger charge is -2.21. The summed E-state index contributed by atoms with van der Waals surface area (Å²) in [6, 6.07) is 137. The first kappa shape index (κ1) is 69.5. The number of aromatic nitrogens is 4. The fraction of sp³-hybridized carbons (Fsp3) is 0.0526. The molecule has 0 bridgehead atoms. The van der Waals surface area contributed by atoms with Crippen LogP contribution in [0.1, 0.15) is 49.9 Å². The fourth-order valence-corrected chi connectivity index (χ4v) is 21.3. The van der Waals surface area contributed by atoms with E-state index in [2.05, 4.69) is 392 Å². The Bertz CT molecular complexity index is 8090. The number of benzene rings is 18. The summed E-state index contributed by atoms with van der Waals surface area (Å²) in [5.41, 5.74) is 32.6. The molecule has 18 aromatic carbocycles. The van der Waals surface area contributed by atoms with Crippen LogP contribution < -0.4 is 0 Å². The first-order chi connectivity index (χ1) is 59.0. The van der Waals surface area contributed by atoms with E-state index in [0.29, 0.717) is 11.6 Å². The maximum absolute atomic E-state index is 6.98. The van der Waals surface area contributed by atoms with Crippen LogP contribution in [-0.2, 0) is 10.8 Å². The number of para-hydroxylation sites is 1. The van der Waals surface area contributed by atoms with E-state index in [1.165, 1.54) is 108 Å². The van der Waals surface area contributed by atoms with Gasteiger partial charge in [-0.15, -0.1) is 11.3 Å². The van der Waals surface area contributed by atoms with Gasteiger partial charge in [0.15, 0.2) is 11.6 Å². The first-order valence-electron chi connectivity index (χ1n) is 41.4. The van der Waals surface area contributed by atoms with Gasteiger partial charge in [0.05, 0.1) is 22.8 Å². The average Bonchev–Trinajstić information content (AvgIpc) is 1.56. The molecule has 0 amide bonds. The number of rotatable bonds is 11. The molecule has 2 aliphatic rings. The second-order valence-corrected chi connectivity index (χ2v) is 34.4. The Morgan fingerprint density at radius 2 is 0.617 bits per heavy atom. The van der Waals surface area contributed by atoms with Gasteiger partial charge in [-0.2, -0.15) is 0 Å². The highest BCUT2D eigenvalue weighted by Crippen LogP contribution is 2.57. The van der Waals surface area contributed by atoms with E-state index >= 15 is 0 Å². The molecule has 0 spiro atoms. The Kier molecular flexibility index (Phi) is 15.6. The normalized spacial score (nSPS) is 13.1. The smallest absolute Gasteiger partial charge is 0.160 e. The third kappa shape index (κ3) is 10.8. The predicted octanol–water partition coefficient (Wildman–Crippen LogP) is 31.1. The van der Waals surface area contributed by atoms with Crippen LogP contribution >= 0.6 is 11.3 Å². The fourth-order valence-electron chi connectivity index (χ4n) is 20.1. The van der Waals surface area contributed by atoms with Crippen LogP contribution in [0.4, 0.5) is 0 Å². The second-order valence-electron chi connectivity index (χ2n) is 33.3. The molecule has 5 nitrogen and oxygen atoms in total. The van der Waals surface area contributed by atoms with Crippen molar-refractivity contribution >= 4 is 96.5 Å². The minimum absolute atomic E-state index is 0.134. The zero-order valence-corrected chi connectivity index (χ0v) is 67.2. The molecular weight excluding hydrogens is 1470 g/mol. The van der Waals surface area contributed by atoms with Crippen molar-refractivity contribution in [3.63, 3.8) is 0 Å². The lowest BCUT2D eigenvalue weighted by atomic mass is 9.81. The van der Waals surface area contributed by atoms with E-state index in [1.54, 1.807) is 0 Å². The van der Waals surface area contributed by atoms with E-state index in [4.69, 9.17) is 24.4 Å². The van der Waals surface area contributed by atoms with Crippen molar-refractivity contribution in [3.05, 3.63) is 398 Å². The molecule has 120 heavy (non-hydrogen) atoms. The van der Waals surface area contributed by atoms with Gasteiger partial charge in [0, 0.05) is 75.2 Å². The van der Waals surface area contributed by atoms with Crippen LogP contribution in [-0.4, -0.2) is 19.9 Å². The van der Waals surface area contributed by atoms with Crippen LogP contribution in [0.2, 0.25) is 0 Å². The number of hydrogen-bond donors (Lipinski definition) is 0. The third-order valence-electron chi connectivity index (χ3n) is 26.0. The summed E-state index contributed by atoms with van der Waals surface area (Å²) in [6.07, 6.45) is 0. The quantitative estimate of drug-likeness (QED) is 0.129. The highest BCUT2D eigenvalue weighted by Gasteiger charge is 2.40. The van der Waals surface area contributed by atoms with Crippen molar-refractivity contribution in [2.45, 2.75) is 38.5 Å². The molecule has 0 aliphatic heterocycles. The zero-order chi connectivity index (χ0) is 79.6. The topological polar surface area (TPSA) is 64.7 Å².